The number of piperidine rings is 1. The predicted molar refractivity (Wildman–Crippen MR) is 48.7 cm³/mol. The summed E-state index contributed by atoms with van der Waals surface area (Å²) in [5.41, 5.74) is -1.46. The van der Waals surface area contributed by atoms with E-state index in [1.54, 1.807) is 0 Å². The molecule has 1 heterocycles. The van der Waals surface area contributed by atoms with Crippen molar-refractivity contribution in [2.75, 3.05) is 13.2 Å². The second-order valence-corrected chi connectivity index (χ2v) is 3.74. The molecule has 80 valence electrons. The molecule has 0 radical (unpaired) electrons. The third-order valence-electron chi connectivity index (χ3n) is 2.69. The van der Waals surface area contributed by atoms with Gasteiger partial charge in [-0.05, 0) is 19.8 Å². The van der Waals surface area contributed by atoms with Gasteiger partial charge in [0.1, 0.15) is 0 Å². The topological polar surface area (TPSA) is 77.8 Å². The van der Waals surface area contributed by atoms with E-state index < -0.39 is 18.1 Å². The van der Waals surface area contributed by atoms with Crippen LogP contribution in [0.2, 0.25) is 0 Å². The first-order valence-corrected chi connectivity index (χ1v) is 4.67. The minimum absolute atomic E-state index is 0.185. The highest BCUT2D eigenvalue weighted by atomic mass is 16.4. The van der Waals surface area contributed by atoms with Crippen LogP contribution in [0.3, 0.4) is 0 Å². The quantitative estimate of drug-likeness (QED) is 0.664. The minimum Gasteiger partial charge on any atom is -0.479 e. The number of amides is 1. The molecule has 1 rings (SSSR count). The van der Waals surface area contributed by atoms with E-state index in [-0.39, 0.29) is 5.91 Å². The van der Waals surface area contributed by atoms with Crippen LogP contribution in [0.25, 0.3) is 0 Å². The molecule has 1 aliphatic rings. The van der Waals surface area contributed by atoms with Crippen molar-refractivity contribution >= 4 is 11.9 Å². The molecule has 5 nitrogen and oxygen atoms in total. The van der Waals surface area contributed by atoms with Gasteiger partial charge in [0.2, 0.25) is 5.91 Å². The van der Waals surface area contributed by atoms with E-state index in [1.165, 1.54) is 11.8 Å². The van der Waals surface area contributed by atoms with Gasteiger partial charge >= 0.3 is 5.97 Å². The maximum absolute atomic E-state index is 11.5. The average Bonchev–Trinajstić information content (AvgIpc) is 2.17. The van der Waals surface area contributed by atoms with Gasteiger partial charge in [-0.25, -0.2) is 4.79 Å². The van der Waals surface area contributed by atoms with E-state index in [1.807, 2.05) is 0 Å². The van der Waals surface area contributed by atoms with Crippen molar-refractivity contribution in [1.82, 2.24) is 4.90 Å². The zero-order valence-electron chi connectivity index (χ0n) is 8.19. The maximum Gasteiger partial charge on any atom is 0.331 e. The average molecular weight is 201 g/mol. The smallest absolute Gasteiger partial charge is 0.331 e. The summed E-state index contributed by atoms with van der Waals surface area (Å²) < 4.78 is 0. The molecule has 0 aliphatic carbocycles. The number of carboxylic acids is 1. The first kappa shape index (κ1) is 11.0. The van der Waals surface area contributed by atoms with Crippen molar-refractivity contribution in [2.24, 2.45) is 0 Å². The number of aliphatic hydroxyl groups is 1. The molecule has 0 bridgehead atoms. The summed E-state index contributed by atoms with van der Waals surface area (Å²) >= 11 is 0. The number of hydrogen-bond donors (Lipinski definition) is 2. The number of carbonyl (C=O) groups excluding carboxylic acids is 1. The lowest BCUT2D eigenvalue weighted by atomic mass is 9.97. The first-order valence-electron chi connectivity index (χ1n) is 4.67. The number of carboxylic acid groups (broad SMARTS) is 1. The Morgan fingerprint density at radius 1 is 1.57 bits per heavy atom. The van der Waals surface area contributed by atoms with Crippen LogP contribution in [0.15, 0.2) is 0 Å². The number of nitrogens with zero attached hydrogens (tertiary/aromatic N) is 1. The van der Waals surface area contributed by atoms with Gasteiger partial charge in [-0.3, -0.25) is 4.79 Å². The lowest BCUT2D eigenvalue weighted by molar-refractivity contribution is -0.162. The first-order chi connectivity index (χ1) is 6.52. The SMILES string of the molecule is CC(CO)(C(=O)O)N1CCCCC1=O. The van der Waals surface area contributed by atoms with Gasteiger partial charge < -0.3 is 15.1 Å². The van der Waals surface area contributed by atoms with Crippen LogP contribution in [0.5, 0.6) is 0 Å². The normalized spacial score (nSPS) is 21.9. The molecule has 1 saturated heterocycles. The fourth-order valence-corrected chi connectivity index (χ4v) is 1.60. The summed E-state index contributed by atoms with van der Waals surface area (Å²) in [6.45, 7) is 1.24. The third kappa shape index (κ3) is 1.72. The number of aliphatic hydroxyl groups excluding tert-OH is 1. The molecule has 0 aromatic carbocycles. The van der Waals surface area contributed by atoms with Crippen LogP contribution in [-0.4, -0.2) is 45.7 Å². The van der Waals surface area contributed by atoms with Crippen LogP contribution < -0.4 is 0 Å². The molecule has 0 aromatic rings. The summed E-state index contributed by atoms with van der Waals surface area (Å²) in [7, 11) is 0. The van der Waals surface area contributed by atoms with E-state index in [4.69, 9.17) is 10.2 Å². The van der Waals surface area contributed by atoms with Gasteiger partial charge in [0, 0.05) is 13.0 Å². The zero-order chi connectivity index (χ0) is 10.8. The summed E-state index contributed by atoms with van der Waals surface area (Å²) in [4.78, 5) is 23.7. The third-order valence-corrected chi connectivity index (χ3v) is 2.69. The Morgan fingerprint density at radius 3 is 2.64 bits per heavy atom. The van der Waals surface area contributed by atoms with E-state index in [0.717, 1.165) is 12.8 Å². The van der Waals surface area contributed by atoms with Crippen molar-refractivity contribution in [3.05, 3.63) is 0 Å². The maximum atomic E-state index is 11.5. The lowest BCUT2D eigenvalue weighted by Crippen LogP contribution is -2.58. The minimum atomic E-state index is -1.46. The Bertz CT molecular complexity index is 253. The number of carbonyl (C=O) groups is 2. The fourth-order valence-electron chi connectivity index (χ4n) is 1.60. The largest absolute Gasteiger partial charge is 0.479 e. The summed E-state index contributed by atoms with van der Waals surface area (Å²) in [6.07, 6.45) is 1.98. The van der Waals surface area contributed by atoms with E-state index in [2.05, 4.69) is 0 Å². The highest BCUT2D eigenvalue weighted by molar-refractivity contribution is 5.87. The van der Waals surface area contributed by atoms with Gasteiger partial charge in [-0.1, -0.05) is 0 Å². The van der Waals surface area contributed by atoms with Crippen molar-refractivity contribution in [1.29, 1.82) is 0 Å². The second kappa shape index (κ2) is 3.96. The molecular formula is C9H15NO4. The molecule has 0 spiro atoms. The Balaban J connectivity index is 2.87. The number of aliphatic carboxylic acids is 1. The predicted octanol–water partition coefficient (Wildman–Crippen LogP) is -0.166. The molecule has 14 heavy (non-hydrogen) atoms. The van der Waals surface area contributed by atoms with Gasteiger partial charge in [-0.15, -0.1) is 0 Å². The van der Waals surface area contributed by atoms with Gasteiger partial charge in [-0.2, -0.15) is 0 Å². The van der Waals surface area contributed by atoms with Crippen LogP contribution in [-0.2, 0) is 9.59 Å². The molecule has 1 aliphatic heterocycles. The fraction of sp³-hybridized carbons (Fsp3) is 0.778. The van der Waals surface area contributed by atoms with E-state index in [0.29, 0.717) is 13.0 Å². The molecule has 0 aromatic heterocycles. The molecule has 1 unspecified atom stereocenters. The van der Waals surface area contributed by atoms with Crippen LogP contribution in [0, 0.1) is 0 Å². The number of hydrogen-bond acceptors (Lipinski definition) is 3. The van der Waals surface area contributed by atoms with Crippen LogP contribution in [0.4, 0.5) is 0 Å². The van der Waals surface area contributed by atoms with Crippen molar-refractivity contribution < 1.29 is 19.8 Å². The molecule has 5 heteroatoms. The Hall–Kier alpha value is -1.10. The Kier molecular flexibility index (Phi) is 3.10. The van der Waals surface area contributed by atoms with Crippen LogP contribution >= 0.6 is 0 Å². The lowest BCUT2D eigenvalue weighted by Gasteiger charge is -2.38. The van der Waals surface area contributed by atoms with Gasteiger partial charge in [0.15, 0.2) is 5.54 Å². The Morgan fingerprint density at radius 2 is 2.21 bits per heavy atom. The van der Waals surface area contributed by atoms with Gasteiger partial charge in [0.25, 0.3) is 0 Å². The standard InChI is InChI=1S/C9H15NO4/c1-9(6-11,8(13)14)10-5-3-2-4-7(10)12/h11H,2-6H2,1H3,(H,13,14). The van der Waals surface area contributed by atoms with Crippen molar-refractivity contribution in [2.45, 2.75) is 31.7 Å². The van der Waals surface area contributed by atoms with E-state index in [9.17, 15) is 9.59 Å². The molecular weight excluding hydrogens is 186 g/mol. The van der Waals surface area contributed by atoms with E-state index >= 15 is 0 Å². The summed E-state index contributed by atoms with van der Waals surface area (Å²) in [6, 6.07) is 0. The van der Waals surface area contributed by atoms with Gasteiger partial charge in [0.05, 0.1) is 6.61 Å². The summed E-state index contributed by atoms with van der Waals surface area (Å²) in [5, 5.41) is 18.0. The molecule has 1 fully saturated rings. The van der Waals surface area contributed by atoms with Crippen molar-refractivity contribution in [3.8, 4) is 0 Å². The number of likely N-dealkylation sites (tertiary alicyclic amines) is 1. The number of rotatable bonds is 3. The summed E-state index contributed by atoms with van der Waals surface area (Å²) in [5.74, 6) is -1.34. The van der Waals surface area contributed by atoms with Crippen molar-refractivity contribution in [3.63, 3.8) is 0 Å². The highest BCUT2D eigenvalue weighted by Gasteiger charge is 2.42. The zero-order valence-corrected chi connectivity index (χ0v) is 8.19. The Labute approximate surface area is 82.3 Å². The molecule has 1 atom stereocenters. The second-order valence-electron chi connectivity index (χ2n) is 3.74. The molecule has 2 N–H and O–H groups in total. The highest BCUT2D eigenvalue weighted by Crippen LogP contribution is 2.21. The van der Waals surface area contributed by atoms with Crippen LogP contribution in [0.1, 0.15) is 26.2 Å². The molecule has 1 amide bonds. The molecule has 0 saturated carbocycles. The monoisotopic (exact) mass is 201 g/mol.